The predicted molar refractivity (Wildman–Crippen MR) is 69.8 cm³/mol. The average molecular weight is 223 g/mol. The molecule has 0 fully saturated rings. The second-order valence-corrected chi connectivity index (χ2v) is 4.56. The van der Waals surface area contributed by atoms with E-state index in [-0.39, 0.29) is 0 Å². The minimum absolute atomic E-state index is 0.511. The molecule has 1 heterocycles. The highest BCUT2D eigenvalue weighted by molar-refractivity contribution is 5.26. The third kappa shape index (κ3) is 3.26. The summed E-state index contributed by atoms with van der Waals surface area (Å²) in [5, 5.41) is 3.41. The van der Waals surface area contributed by atoms with Gasteiger partial charge in [0.1, 0.15) is 0 Å². The fraction of sp³-hybridized carbons (Fsp3) is 0.769. The molecule has 0 saturated carbocycles. The molecule has 2 atom stereocenters. The van der Waals surface area contributed by atoms with Crippen molar-refractivity contribution in [2.75, 3.05) is 11.9 Å². The van der Waals surface area contributed by atoms with E-state index in [2.05, 4.69) is 48.8 Å². The Morgan fingerprint density at radius 1 is 1.38 bits per heavy atom. The van der Waals surface area contributed by atoms with E-state index >= 15 is 0 Å². The predicted octanol–water partition coefficient (Wildman–Crippen LogP) is 3.70. The zero-order valence-electron chi connectivity index (χ0n) is 11.0. The Morgan fingerprint density at radius 2 is 2.12 bits per heavy atom. The molecule has 1 rings (SSSR count). The summed E-state index contributed by atoms with van der Waals surface area (Å²) in [6.45, 7) is 10.0. The van der Waals surface area contributed by atoms with Crippen LogP contribution in [0.5, 0.6) is 0 Å². The van der Waals surface area contributed by atoms with Crippen molar-refractivity contribution < 1.29 is 0 Å². The number of unbranched alkanes of at least 4 members (excludes halogenated alkanes) is 1. The first-order chi connectivity index (χ1) is 7.70. The van der Waals surface area contributed by atoms with Gasteiger partial charge in [0, 0.05) is 25.0 Å². The molecule has 1 aromatic rings. The molecule has 0 amide bonds. The van der Waals surface area contributed by atoms with Crippen LogP contribution in [0.25, 0.3) is 0 Å². The van der Waals surface area contributed by atoms with Crippen molar-refractivity contribution in [2.45, 2.75) is 53.0 Å². The number of imidazole rings is 1. The van der Waals surface area contributed by atoms with Crippen molar-refractivity contribution in [1.82, 2.24) is 9.55 Å². The SMILES string of the molecule is CCCCNc1nccn1C(C)C(C)CC. The normalized spacial score (nSPS) is 14.8. The summed E-state index contributed by atoms with van der Waals surface area (Å²) >= 11 is 0. The van der Waals surface area contributed by atoms with Crippen molar-refractivity contribution >= 4 is 5.95 Å². The number of rotatable bonds is 7. The Bertz CT molecular complexity index is 293. The second kappa shape index (κ2) is 6.56. The molecule has 92 valence electrons. The van der Waals surface area contributed by atoms with Crippen molar-refractivity contribution in [3.63, 3.8) is 0 Å². The van der Waals surface area contributed by atoms with Crippen LogP contribution >= 0.6 is 0 Å². The smallest absolute Gasteiger partial charge is 0.203 e. The first kappa shape index (κ1) is 13.1. The quantitative estimate of drug-likeness (QED) is 0.714. The van der Waals surface area contributed by atoms with Gasteiger partial charge in [0.15, 0.2) is 0 Å². The van der Waals surface area contributed by atoms with Gasteiger partial charge in [0.2, 0.25) is 5.95 Å². The summed E-state index contributed by atoms with van der Waals surface area (Å²) in [6, 6.07) is 0.511. The van der Waals surface area contributed by atoms with E-state index in [1.807, 2.05) is 6.20 Å². The molecule has 0 spiro atoms. The molecule has 0 radical (unpaired) electrons. The molecule has 0 aliphatic rings. The number of hydrogen-bond donors (Lipinski definition) is 1. The van der Waals surface area contributed by atoms with Gasteiger partial charge >= 0.3 is 0 Å². The van der Waals surface area contributed by atoms with Gasteiger partial charge in [-0.3, -0.25) is 0 Å². The first-order valence-corrected chi connectivity index (χ1v) is 6.47. The molecule has 0 saturated heterocycles. The molecule has 3 nitrogen and oxygen atoms in total. The molecule has 1 N–H and O–H groups in total. The highest BCUT2D eigenvalue weighted by Crippen LogP contribution is 2.23. The van der Waals surface area contributed by atoms with Crippen molar-refractivity contribution in [1.29, 1.82) is 0 Å². The summed E-state index contributed by atoms with van der Waals surface area (Å²) in [7, 11) is 0. The Hall–Kier alpha value is -0.990. The minimum Gasteiger partial charge on any atom is -0.356 e. The summed E-state index contributed by atoms with van der Waals surface area (Å²) in [5.74, 6) is 1.70. The lowest BCUT2D eigenvalue weighted by atomic mass is 10.0. The van der Waals surface area contributed by atoms with Gasteiger partial charge in [0.05, 0.1) is 0 Å². The lowest BCUT2D eigenvalue weighted by molar-refractivity contribution is 0.373. The number of nitrogens with zero attached hydrogens (tertiary/aromatic N) is 2. The van der Waals surface area contributed by atoms with Crippen LogP contribution < -0.4 is 5.32 Å². The van der Waals surface area contributed by atoms with E-state index < -0.39 is 0 Å². The highest BCUT2D eigenvalue weighted by Gasteiger charge is 2.14. The molecule has 0 aliphatic carbocycles. The van der Waals surface area contributed by atoms with Crippen molar-refractivity contribution in [2.24, 2.45) is 5.92 Å². The van der Waals surface area contributed by atoms with E-state index in [4.69, 9.17) is 0 Å². The molecule has 3 heteroatoms. The molecule has 2 unspecified atom stereocenters. The minimum atomic E-state index is 0.511. The van der Waals surface area contributed by atoms with Crippen LogP contribution in [0, 0.1) is 5.92 Å². The maximum atomic E-state index is 4.38. The molecular weight excluding hydrogens is 198 g/mol. The standard InChI is InChI=1S/C13H25N3/c1-5-7-8-14-13-15-9-10-16(13)12(4)11(3)6-2/h9-12H,5-8H2,1-4H3,(H,14,15). The summed E-state index contributed by atoms with van der Waals surface area (Å²) in [5.41, 5.74) is 0. The Balaban J connectivity index is 2.62. The van der Waals surface area contributed by atoms with Gasteiger partial charge < -0.3 is 9.88 Å². The lowest BCUT2D eigenvalue weighted by Crippen LogP contribution is -2.16. The van der Waals surface area contributed by atoms with E-state index in [0.29, 0.717) is 12.0 Å². The number of aromatic nitrogens is 2. The van der Waals surface area contributed by atoms with Crippen LogP contribution in [0.1, 0.15) is 53.0 Å². The highest BCUT2D eigenvalue weighted by atomic mass is 15.2. The van der Waals surface area contributed by atoms with Crippen LogP contribution in [0.15, 0.2) is 12.4 Å². The third-order valence-electron chi connectivity index (χ3n) is 3.39. The number of hydrogen-bond acceptors (Lipinski definition) is 2. The Kier molecular flexibility index (Phi) is 5.36. The van der Waals surface area contributed by atoms with Gasteiger partial charge in [-0.1, -0.05) is 33.6 Å². The van der Waals surface area contributed by atoms with Crippen LogP contribution in [-0.4, -0.2) is 16.1 Å². The van der Waals surface area contributed by atoms with Crippen LogP contribution in [0.4, 0.5) is 5.95 Å². The monoisotopic (exact) mass is 223 g/mol. The average Bonchev–Trinajstić information content (AvgIpc) is 2.75. The van der Waals surface area contributed by atoms with Crippen LogP contribution in [0.3, 0.4) is 0 Å². The summed E-state index contributed by atoms with van der Waals surface area (Å²) in [4.78, 5) is 4.38. The molecule has 0 aliphatic heterocycles. The topological polar surface area (TPSA) is 29.9 Å². The largest absolute Gasteiger partial charge is 0.356 e. The van der Waals surface area contributed by atoms with Gasteiger partial charge in [-0.05, 0) is 19.3 Å². The van der Waals surface area contributed by atoms with Gasteiger partial charge in [0.25, 0.3) is 0 Å². The fourth-order valence-electron chi connectivity index (χ4n) is 1.77. The molecule has 0 aromatic carbocycles. The third-order valence-corrected chi connectivity index (χ3v) is 3.39. The zero-order valence-corrected chi connectivity index (χ0v) is 11.0. The maximum Gasteiger partial charge on any atom is 0.203 e. The van der Waals surface area contributed by atoms with Crippen molar-refractivity contribution in [3.8, 4) is 0 Å². The van der Waals surface area contributed by atoms with Gasteiger partial charge in [-0.25, -0.2) is 4.98 Å². The second-order valence-electron chi connectivity index (χ2n) is 4.56. The van der Waals surface area contributed by atoms with E-state index in [1.165, 1.54) is 19.3 Å². The van der Waals surface area contributed by atoms with Crippen LogP contribution in [-0.2, 0) is 0 Å². The fourth-order valence-corrected chi connectivity index (χ4v) is 1.77. The first-order valence-electron chi connectivity index (χ1n) is 6.47. The summed E-state index contributed by atoms with van der Waals surface area (Å²) in [6.07, 6.45) is 7.57. The van der Waals surface area contributed by atoms with E-state index in [9.17, 15) is 0 Å². The number of anilines is 1. The summed E-state index contributed by atoms with van der Waals surface area (Å²) < 4.78 is 2.25. The van der Waals surface area contributed by atoms with Crippen LogP contribution in [0.2, 0.25) is 0 Å². The van der Waals surface area contributed by atoms with Gasteiger partial charge in [-0.2, -0.15) is 0 Å². The zero-order chi connectivity index (χ0) is 12.0. The Labute approximate surface area is 99.3 Å². The van der Waals surface area contributed by atoms with Gasteiger partial charge in [-0.15, -0.1) is 0 Å². The molecule has 16 heavy (non-hydrogen) atoms. The lowest BCUT2D eigenvalue weighted by Gasteiger charge is -2.22. The molecular formula is C13H25N3. The maximum absolute atomic E-state index is 4.38. The van der Waals surface area contributed by atoms with Crippen molar-refractivity contribution in [3.05, 3.63) is 12.4 Å². The molecule has 0 bridgehead atoms. The number of nitrogens with one attached hydrogen (secondary N) is 1. The van der Waals surface area contributed by atoms with E-state index in [0.717, 1.165) is 12.5 Å². The Morgan fingerprint density at radius 3 is 2.75 bits per heavy atom. The van der Waals surface area contributed by atoms with E-state index in [1.54, 1.807) is 0 Å². The molecule has 1 aromatic heterocycles.